The van der Waals surface area contributed by atoms with E-state index in [2.05, 4.69) is 32.5 Å². The summed E-state index contributed by atoms with van der Waals surface area (Å²) in [5, 5.41) is 6.33. The monoisotopic (exact) mass is 255 g/mol. The maximum Gasteiger partial charge on any atom is 0.228 e. The highest BCUT2D eigenvalue weighted by atomic mass is 35.5. The summed E-state index contributed by atoms with van der Waals surface area (Å²) >= 11 is 5.82. The van der Waals surface area contributed by atoms with Crippen molar-refractivity contribution >= 4 is 23.5 Å². The van der Waals surface area contributed by atoms with Gasteiger partial charge in [-0.05, 0) is 29.9 Å². The van der Waals surface area contributed by atoms with Gasteiger partial charge in [-0.2, -0.15) is 15.0 Å². The quantitative estimate of drug-likeness (QED) is 0.866. The van der Waals surface area contributed by atoms with Crippen molar-refractivity contribution < 1.29 is 0 Å². The first-order valence-corrected chi connectivity index (χ1v) is 6.32. The molecule has 0 radical (unpaired) electrons. The van der Waals surface area contributed by atoms with Crippen LogP contribution in [0.25, 0.3) is 0 Å². The van der Waals surface area contributed by atoms with Crippen LogP contribution in [0.4, 0.5) is 11.9 Å². The predicted molar refractivity (Wildman–Crippen MR) is 69.4 cm³/mol. The average Bonchev–Trinajstić information content (AvgIpc) is 2.73. The second-order valence-electron chi connectivity index (χ2n) is 4.87. The van der Waals surface area contributed by atoms with Gasteiger partial charge in [0.1, 0.15) is 0 Å². The molecule has 1 aromatic rings. The number of rotatable bonds is 4. The lowest BCUT2D eigenvalue weighted by Gasteiger charge is -2.23. The average molecular weight is 256 g/mol. The van der Waals surface area contributed by atoms with Crippen molar-refractivity contribution in [3.8, 4) is 0 Å². The van der Waals surface area contributed by atoms with E-state index in [1.165, 1.54) is 25.7 Å². The molecule has 5 nitrogen and oxygen atoms in total. The van der Waals surface area contributed by atoms with E-state index in [-0.39, 0.29) is 5.28 Å². The minimum atomic E-state index is 0.212. The molecule has 0 atom stereocenters. The third-order valence-corrected chi connectivity index (χ3v) is 3.48. The Morgan fingerprint density at radius 2 is 1.82 bits per heavy atom. The molecule has 17 heavy (non-hydrogen) atoms. The number of anilines is 2. The van der Waals surface area contributed by atoms with Gasteiger partial charge in [0.05, 0.1) is 0 Å². The zero-order chi connectivity index (χ0) is 12.3. The SMILES string of the molecule is CNc1nc(Cl)nc(NCC2(C)CCCC2)n1. The first-order valence-electron chi connectivity index (χ1n) is 5.94. The zero-order valence-electron chi connectivity index (χ0n) is 10.3. The van der Waals surface area contributed by atoms with Gasteiger partial charge in [-0.3, -0.25) is 0 Å². The van der Waals surface area contributed by atoms with Crippen LogP contribution in [0.3, 0.4) is 0 Å². The highest BCUT2D eigenvalue weighted by Crippen LogP contribution is 2.37. The molecule has 1 fully saturated rings. The molecule has 1 heterocycles. The van der Waals surface area contributed by atoms with Gasteiger partial charge in [0.2, 0.25) is 17.2 Å². The van der Waals surface area contributed by atoms with E-state index in [1.807, 2.05) is 0 Å². The fraction of sp³-hybridized carbons (Fsp3) is 0.727. The second kappa shape index (κ2) is 5.04. The highest BCUT2D eigenvalue weighted by molar-refractivity contribution is 6.28. The van der Waals surface area contributed by atoms with Gasteiger partial charge in [0.25, 0.3) is 0 Å². The van der Waals surface area contributed by atoms with E-state index < -0.39 is 0 Å². The maximum absolute atomic E-state index is 5.82. The van der Waals surface area contributed by atoms with Gasteiger partial charge in [0.15, 0.2) is 0 Å². The lowest BCUT2D eigenvalue weighted by Crippen LogP contribution is -2.24. The fourth-order valence-electron chi connectivity index (χ4n) is 2.24. The lowest BCUT2D eigenvalue weighted by molar-refractivity contribution is 0.361. The summed E-state index contributed by atoms with van der Waals surface area (Å²) in [6, 6.07) is 0. The molecular formula is C11H18ClN5. The molecule has 0 bridgehead atoms. The highest BCUT2D eigenvalue weighted by Gasteiger charge is 2.28. The van der Waals surface area contributed by atoms with Crippen LogP contribution in [0.2, 0.25) is 5.28 Å². The zero-order valence-corrected chi connectivity index (χ0v) is 11.0. The standard InChI is InChI=1S/C11H18ClN5/c1-11(5-3-4-6-11)7-14-10-16-8(12)15-9(13-2)17-10/h3-7H2,1-2H3,(H2,13,14,15,16,17). The van der Waals surface area contributed by atoms with Gasteiger partial charge in [-0.15, -0.1) is 0 Å². The van der Waals surface area contributed by atoms with Crippen molar-refractivity contribution in [2.75, 3.05) is 24.2 Å². The number of nitrogens with zero attached hydrogens (tertiary/aromatic N) is 3. The Morgan fingerprint density at radius 3 is 2.47 bits per heavy atom. The molecule has 2 rings (SSSR count). The third-order valence-electron chi connectivity index (χ3n) is 3.32. The smallest absolute Gasteiger partial charge is 0.228 e. The largest absolute Gasteiger partial charge is 0.357 e. The molecule has 94 valence electrons. The molecule has 0 aliphatic heterocycles. The van der Waals surface area contributed by atoms with Crippen molar-refractivity contribution in [2.45, 2.75) is 32.6 Å². The normalized spacial score (nSPS) is 18.1. The molecule has 0 saturated heterocycles. The first-order chi connectivity index (χ1) is 8.11. The van der Waals surface area contributed by atoms with Crippen LogP contribution in [0.1, 0.15) is 32.6 Å². The fourth-order valence-corrected chi connectivity index (χ4v) is 2.40. The van der Waals surface area contributed by atoms with Crippen LogP contribution < -0.4 is 10.6 Å². The molecule has 2 N–H and O–H groups in total. The van der Waals surface area contributed by atoms with Gasteiger partial charge >= 0.3 is 0 Å². The van der Waals surface area contributed by atoms with Gasteiger partial charge in [-0.1, -0.05) is 19.8 Å². The maximum atomic E-state index is 5.82. The van der Waals surface area contributed by atoms with Crippen LogP contribution in [0.5, 0.6) is 0 Å². The van der Waals surface area contributed by atoms with Gasteiger partial charge < -0.3 is 10.6 Å². The van der Waals surface area contributed by atoms with Crippen LogP contribution in [0.15, 0.2) is 0 Å². The van der Waals surface area contributed by atoms with E-state index in [1.54, 1.807) is 7.05 Å². The summed E-state index contributed by atoms with van der Waals surface area (Å²) in [5.41, 5.74) is 0.360. The molecule has 1 saturated carbocycles. The molecule has 0 amide bonds. The lowest BCUT2D eigenvalue weighted by atomic mass is 9.89. The third kappa shape index (κ3) is 3.19. The van der Waals surface area contributed by atoms with Crippen LogP contribution in [0, 0.1) is 5.41 Å². The van der Waals surface area contributed by atoms with Gasteiger partial charge in [0, 0.05) is 13.6 Å². The summed E-state index contributed by atoms with van der Waals surface area (Å²) in [7, 11) is 1.76. The van der Waals surface area contributed by atoms with E-state index in [0.717, 1.165) is 6.54 Å². The topological polar surface area (TPSA) is 62.7 Å². The van der Waals surface area contributed by atoms with Crippen molar-refractivity contribution in [1.82, 2.24) is 15.0 Å². The molecule has 1 aromatic heterocycles. The Morgan fingerprint density at radius 1 is 1.18 bits per heavy atom. The predicted octanol–water partition coefficient (Wildman–Crippen LogP) is 2.56. The first kappa shape index (κ1) is 12.4. The van der Waals surface area contributed by atoms with Crippen molar-refractivity contribution in [3.05, 3.63) is 5.28 Å². The molecule has 6 heteroatoms. The number of hydrogen-bond donors (Lipinski definition) is 2. The molecular weight excluding hydrogens is 238 g/mol. The van der Waals surface area contributed by atoms with E-state index in [4.69, 9.17) is 11.6 Å². The number of nitrogens with one attached hydrogen (secondary N) is 2. The summed E-state index contributed by atoms with van der Waals surface area (Å²) in [4.78, 5) is 12.2. The number of halogens is 1. The van der Waals surface area contributed by atoms with Crippen molar-refractivity contribution in [3.63, 3.8) is 0 Å². The molecule has 0 spiro atoms. The summed E-state index contributed by atoms with van der Waals surface area (Å²) in [6.45, 7) is 3.19. The summed E-state index contributed by atoms with van der Waals surface area (Å²) in [5.74, 6) is 1.03. The molecule has 1 aliphatic carbocycles. The summed E-state index contributed by atoms with van der Waals surface area (Å²) < 4.78 is 0. The van der Waals surface area contributed by atoms with Crippen LogP contribution >= 0.6 is 11.6 Å². The van der Waals surface area contributed by atoms with Crippen molar-refractivity contribution in [1.29, 1.82) is 0 Å². The molecule has 1 aliphatic rings. The Hall–Kier alpha value is -1.10. The van der Waals surface area contributed by atoms with Crippen LogP contribution in [-0.4, -0.2) is 28.5 Å². The van der Waals surface area contributed by atoms with E-state index in [9.17, 15) is 0 Å². The number of aromatic nitrogens is 3. The minimum Gasteiger partial charge on any atom is -0.357 e. The number of hydrogen-bond acceptors (Lipinski definition) is 5. The second-order valence-corrected chi connectivity index (χ2v) is 5.21. The Labute approximate surface area is 106 Å². The Kier molecular flexibility index (Phi) is 3.66. The van der Waals surface area contributed by atoms with E-state index in [0.29, 0.717) is 17.3 Å². The van der Waals surface area contributed by atoms with Crippen molar-refractivity contribution in [2.24, 2.45) is 5.41 Å². The summed E-state index contributed by atoms with van der Waals surface area (Å²) in [6.07, 6.45) is 5.16. The van der Waals surface area contributed by atoms with Crippen LogP contribution in [-0.2, 0) is 0 Å². The Bertz CT molecular complexity index is 389. The molecule has 0 aromatic carbocycles. The molecule has 0 unspecified atom stereocenters. The van der Waals surface area contributed by atoms with E-state index >= 15 is 0 Å². The minimum absolute atomic E-state index is 0.212. The van der Waals surface area contributed by atoms with Gasteiger partial charge in [-0.25, -0.2) is 0 Å². The Balaban J connectivity index is 2.00.